The summed E-state index contributed by atoms with van der Waals surface area (Å²) < 4.78 is 0.998. The minimum Gasteiger partial charge on any atom is -0.326 e. The number of nitrogens with zero attached hydrogens (tertiary/aromatic N) is 1. The zero-order valence-electron chi connectivity index (χ0n) is 20.7. The van der Waals surface area contributed by atoms with Crippen molar-refractivity contribution in [2.24, 2.45) is 0 Å². The number of hydrogen-bond acceptors (Lipinski definition) is 5. The molecule has 2 N–H and O–H groups in total. The quantitative estimate of drug-likeness (QED) is 0.164. The summed E-state index contributed by atoms with van der Waals surface area (Å²) in [7, 11) is 0. The third kappa shape index (κ3) is 7.44. The molecule has 39 heavy (non-hydrogen) atoms. The molecular formula is C31H24BrN3O2S2. The Morgan fingerprint density at radius 3 is 2.31 bits per heavy atom. The first kappa shape index (κ1) is 26.9. The lowest BCUT2D eigenvalue weighted by Crippen LogP contribution is -2.19. The Balaban J connectivity index is 1.30. The van der Waals surface area contributed by atoms with Gasteiger partial charge in [-0.05, 0) is 41.5 Å². The van der Waals surface area contributed by atoms with Gasteiger partial charge in [0, 0.05) is 26.0 Å². The van der Waals surface area contributed by atoms with Crippen molar-refractivity contribution in [3.05, 3.63) is 130 Å². The van der Waals surface area contributed by atoms with Crippen molar-refractivity contribution in [3.8, 4) is 11.3 Å². The predicted molar refractivity (Wildman–Crippen MR) is 164 cm³/mol. The van der Waals surface area contributed by atoms with Crippen LogP contribution in [0.2, 0.25) is 0 Å². The molecule has 8 heteroatoms. The molecule has 4 aromatic carbocycles. The molecule has 1 heterocycles. The number of amides is 2. The molecule has 0 aliphatic carbocycles. The van der Waals surface area contributed by atoms with Gasteiger partial charge < -0.3 is 10.6 Å². The summed E-state index contributed by atoms with van der Waals surface area (Å²) in [6, 6.07) is 34.7. The molecule has 0 saturated heterocycles. The topological polar surface area (TPSA) is 71.1 Å². The Morgan fingerprint density at radius 2 is 1.56 bits per heavy atom. The molecule has 0 bridgehead atoms. The van der Waals surface area contributed by atoms with Gasteiger partial charge in [0.1, 0.15) is 5.25 Å². The van der Waals surface area contributed by atoms with Crippen molar-refractivity contribution in [3.63, 3.8) is 0 Å². The second kappa shape index (κ2) is 12.9. The Labute approximate surface area is 243 Å². The number of halogens is 1. The van der Waals surface area contributed by atoms with E-state index in [1.807, 2.05) is 115 Å². The molecule has 5 rings (SSSR count). The lowest BCUT2D eigenvalue weighted by atomic mass is 10.1. The van der Waals surface area contributed by atoms with Crippen LogP contribution in [0.4, 0.5) is 10.8 Å². The normalized spacial score (nSPS) is 11.5. The maximum Gasteiger partial charge on any atom is 0.244 e. The molecule has 0 radical (unpaired) electrons. The minimum absolute atomic E-state index is 0.0916. The molecule has 2 amide bonds. The number of aromatic nitrogens is 1. The average Bonchev–Trinajstić information content (AvgIpc) is 3.41. The van der Waals surface area contributed by atoms with E-state index in [4.69, 9.17) is 0 Å². The van der Waals surface area contributed by atoms with Gasteiger partial charge in [-0.25, -0.2) is 4.98 Å². The highest BCUT2D eigenvalue weighted by Gasteiger charge is 2.23. The fraction of sp³-hybridized carbons (Fsp3) is 0.0645. The lowest BCUT2D eigenvalue weighted by Gasteiger charge is -2.17. The largest absolute Gasteiger partial charge is 0.326 e. The molecule has 0 saturated carbocycles. The van der Waals surface area contributed by atoms with Crippen LogP contribution in [0.15, 0.2) is 124 Å². The fourth-order valence-electron chi connectivity index (χ4n) is 3.93. The molecule has 1 atom stereocenters. The van der Waals surface area contributed by atoms with Crippen LogP contribution < -0.4 is 10.6 Å². The summed E-state index contributed by atoms with van der Waals surface area (Å²) in [4.78, 5) is 31.6. The van der Waals surface area contributed by atoms with E-state index in [2.05, 4.69) is 31.5 Å². The lowest BCUT2D eigenvalue weighted by molar-refractivity contribution is -0.116. The van der Waals surface area contributed by atoms with Crippen LogP contribution in [0.1, 0.15) is 16.4 Å². The number of rotatable bonds is 9. The smallest absolute Gasteiger partial charge is 0.244 e. The molecular weight excluding hydrogens is 590 g/mol. The van der Waals surface area contributed by atoms with E-state index in [0.717, 1.165) is 31.8 Å². The van der Waals surface area contributed by atoms with Crippen LogP contribution in [0, 0.1) is 0 Å². The summed E-state index contributed by atoms with van der Waals surface area (Å²) in [6.45, 7) is 0. The first-order valence-electron chi connectivity index (χ1n) is 12.2. The van der Waals surface area contributed by atoms with Crippen molar-refractivity contribution in [2.75, 3.05) is 10.6 Å². The van der Waals surface area contributed by atoms with Gasteiger partial charge in [-0.2, -0.15) is 0 Å². The molecule has 194 valence electrons. The number of anilines is 2. The third-order valence-electron chi connectivity index (χ3n) is 5.79. The van der Waals surface area contributed by atoms with Crippen LogP contribution >= 0.6 is 39.0 Å². The number of nitrogens with one attached hydrogen (secondary N) is 2. The van der Waals surface area contributed by atoms with Crippen molar-refractivity contribution >= 4 is 61.7 Å². The molecule has 5 aromatic rings. The predicted octanol–water partition coefficient (Wildman–Crippen LogP) is 8.23. The summed E-state index contributed by atoms with van der Waals surface area (Å²) in [5.74, 6) is -0.257. The Morgan fingerprint density at radius 1 is 0.846 bits per heavy atom. The first-order valence-corrected chi connectivity index (χ1v) is 14.8. The third-order valence-corrected chi connectivity index (χ3v) is 8.33. The van der Waals surface area contributed by atoms with E-state index in [9.17, 15) is 9.59 Å². The van der Waals surface area contributed by atoms with E-state index in [1.165, 1.54) is 23.1 Å². The zero-order valence-corrected chi connectivity index (χ0v) is 23.9. The molecule has 1 aromatic heterocycles. The number of thioether (sulfide) groups is 1. The number of benzene rings is 4. The Kier molecular flexibility index (Phi) is 8.88. The van der Waals surface area contributed by atoms with Gasteiger partial charge in [-0.3, -0.25) is 9.59 Å². The van der Waals surface area contributed by atoms with Crippen LogP contribution in [-0.2, 0) is 16.0 Å². The summed E-state index contributed by atoms with van der Waals surface area (Å²) in [5.41, 5.74) is 4.31. The average molecular weight is 615 g/mol. The van der Waals surface area contributed by atoms with Crippen LogP contribution in [0.5, 0.6) is 0 Å². The fourth-order valence-corrected chi connectivity index (χ4v) is 6.00. The monoisotopic (exact) mass is 613 g/mol. The van der Waals surface area contributed by atoms with Gasteiger partial charge in [0.2, 0.25) is 11.8 Å². The van der Waals surface area contributed by atoms with E-state index in [1.54, 1.807) is 0 Å². The van der Waals surface area contributed by atoms with E-state index in [0.29, 0.717) is 17.2 Å². The minimum atomic E-state index is -0.512. The second-order valence-electron chi connectivity index (χ2n) is 8.68. The van der Waals surface area contributed by atoms with Gasteiger partial charge in [-0.15, -0.1) is 23.1 Å². The highest BCUT2D eigenvalue weighted by atomic mass is 79.9. The van der Waals surface area contributed by atoms with E-state index >= 15 is 0 Å². The van der Waals surface area contributed by atoms with Gasteiger partial charge in [0.15, 0.2) is 5.13 Å². The Hall–Kier alpha value is -3.72. The highest BCUT2D eigenvalue weighted by molar-refractivity contribution is 9.10. The summed E-state index contributed by atoms with van der Waals surface area (Å²) >= 11 is 6.27. The van der Waals surface area contributed by atoms with Crippen LogP contribution in [0.25, 0.3) is 11.3 Å². The maximum absolute atomic E-state index is 13.5. The van der Waals surface area contributed by atoms with Crippen LogP contribution in [0.3, 0.4) is 0 Å². The summed E-state index contributed by atoms with van der Waals surface area (Å²) in [6.07, 6.45) is 0.295. The molecule has 5 nitrogen and oxygen atoms in total. The molecule has 0 fully saturated rings. The van der Waals surface area contributed by atoms with Gasteiger partial charge >= 0.3 is 0 Å². The number of thiazole rings is 1. The number of carbonyl (C=O) groups is 2. The molecule has 0 aliphatic heterocycles. The molecule has 0 aliphatic rings. The molecule has 0 spiro atoms. The Bertz CT molecular complexity index is 1560. The van der Waals surface area contributed by atoms with E-state index < -0.39 is 5.25 Å². The van der Waals surface area contributed by atoms with Gasteiger partial charge in [0.25, 0.3) is 0 Å². The number of hydrogen-bond donors (Lipinski definition) is 2. The standard InChI is InChI=1S/C31H24BrN3O2S2/c32-24-16-14-22(15-17-24)27-20-38-31(34-27)35-30(37)29(23-10-5-2-6-11-23)39-26-13-7-12-25(19-26)33-28(36)18-21-8-3-1-4-9-21/h1-17,19-20,29H,18H2,(H,33,36)(H,34,35,37). The highest BCUT2D eigenvalue weighted by Crippen LogP contribution is 2.37. The van der Waals surface area contributed by atoms with Crippen molar-refractivity contribution in [1.82, 2.24) is 4.98 Å². The second-order valence-corrected chi connectivity index (χ2v) is 11.6. The maximum atomic E-state index is 13.5. The first-order chi connectivity index (χ1) is 19.0. The number of carbonyl (C=O) groups excluding carboxylic acids is 2. The zero-order chi connectivity index (χ0) is 27.0. The van der Waals surface area contributed by atoms with Gasteiger partial charge in [0.05, 0.1) is 12.1 Å². The van der Waals surface area contributed by atoms with E-state index in [-0.39, 0.29) is 11.8 Å². The van der Waals surface area contributed by atoms with Crippen molar-refractivity contribution in [1.29, 1.82) is 0 Å². The van der Waals surface area contributed by atoms with Crippen molar-refractivity contribution in [2.45, 2.75) is 16.6 Å². The van der Waals surface area contributed by atoms with Crippen molar-refractivity contribution < 1.29 is 9.59 Å². The molecule has 1 unspecified atom stereocenters. The SMILES string of the molecule is O=C(Cc1ccccc1)Nc1cccc(SC(C(=O)Nc2nc(-c3ccc(Br)cc3)cs2)c2ccccc2)c1. The summed E-state index contributed by atoms with van der Waals surface area (Å²) in [5, 5.41) is 7.94. The van der Waals surface area contributed by atoms with Crippen LogP contribution in [-0.4, -0.2) is 16.8 Å². The van der Waals surface area contributed by atoms with Gasteiger partial charge in [-0.1, -0.05) is 94.8 Å².